The fraction of sp³-hybridized carbons (Fsp3) is 0.500. The molecule has 76 heavy (non-hydrogen) atoms. The van der Waals surface area contributed by atoms with Crippen molar-refractivity contribution in [3.8, 4) is 19.5 Å². The molecule has 8 heteroatoms. The van der Waals surface area contributed by atoms with Crippen LogP contribution < -0.4 is 0 Å². The van der Waals surface area contributed by atoms with Crippen molar-refractivity contribution in [2.75, 3.05) is 0 Å². The fourth-order valence-corrected chi connectivity index (χ4v) is 19.7. The molecule has 0 atom stereocenters. The minimum atomic E-state index is 1.12. The first kappa shape index (κ1) is 60.0. The fourth-order valence-electron chi connectivity index (χ4n) is 10.8. The van der Waals surface area contributed by atoms with E-state index in [9.17, 15) is 0 Å². The lowest BCUT2D eigenvalue weighted by atomic mass is 10.0. The van der Waals surface area contributed by atoms with Crippen LogP contribution in [0.15, 0.2) is 81.7 Å². The largest absolute Gasteiger partial charge is 0.135 e. The predicted octanol–water partition coefficient (Wildman–Crippen LogP) is 27.5. The van der Waals surface area contributed by atoms with E-state index in [0.29, 0.717) is 0 Å². The van der Waals surface area contributed by atoms with E-state index in [4.69, 9.17) is 0 Å². The molecule has 8 rings (SSSR count). The average Bonchev–Trinajstić information content (AvgIpc) is 4.36. The van der Waals surface area contributed by atoms with Gasteiger partial charge >= 0.3 is 0 Å². The highest BCUT2D eigenvalue weighted by Crippen LogP contribution is 2.56. The lowest BCUT2D eigenvalue weighted by molar-refractivity contribution is 0.532. The number of thiophene rings is 6. The summed E-state index contributed by atoms with van der Waals surface area (Å²) in [5, 5.41) is 0. The van der Waals surface area contributed by atoms with E-state index in [2.05, 4.69) is 188 Å². The van der Waals surface area contributed by atoms with Crippen LogP contribution in [-0.2, 0) is 12.8 Å². The van der Waals surface area contributed by atoms with Crippen LogP contribution >= 0.6 is 99.9 Å². The van der Waals surface area contributed by atoms with Crippen LogP contribution in [0.3, 0.4) is 0 Å². The highest BCUT2D eigenvalue weighted by atomic mass is 79.9. The molecule has 0 unspecified atom stereocenters. The van der Waals surface area contributed by atoms with Gasteiger partial charge in [0.2, 0.25) is 0 Å². The zero-order valence-corrected chi connectivity index (χ0v) is 54.1. The van der Waals surface area contributed by atoms with Crippen LogP contribution in [0.4, 0.5) is 0 Å². The number of aryl methyl sites for hydroxylation is 2. The van der Waals surface area contributed by atoms with E-state index in [1.807, 2.05) is 22.7 Å². The van der Waals surface area contributed by atoms with Gasteiger partial charge in [0.1, 0.15) is 0 Å². The topological polar surface area (TPSA) is 0 Å². The average molecular weight is 1260 g/mol. The Morgan fingerprint density at radius 3 is 0.895 bits per heavy atom. The monoisotopic (exact) mass is 1250 g/mol. The molecule has 0 bridgehead atoms. The van der Waals surface area contributed by atoms with E-state index in [0.717, 1.165) is 8.95 Å². The Labute approximate surface area is 500 Å². The van der Waals surface area contributed by atoms with Crippen molar-refractivity contribution >= 4 is 152 Å². The van der Waals surface area contributed by atoms with Gasteiger partial charge in [-0.05, 0) is 109 Å². The van der Waals surface area contributed by atoms with Gasteiger partial charge in [0.25, 0.3) is 0 Å². The van der Waals surface area contributed by atoms with Crippen molar-refractivity contribution in [1.82, 2.24) is 0 Å². The van der Waals surface area contributed by atoms with Crippen molar-refractivity contribution in [2.24, 2.45) is 0 Å². The number of unbranched alkanes of at least 4 members (excludes halogenated alkanes) is 28. The first-order chi connectivity index (χ1) is 37.5. The lowest BCUT2D eigenvalue weighted by Gasteiger charge is -2.05. The quantitative estimate of drug-likeness (QED) is 0.0338. The number of benzene rings is 2. The maximum absolute atomic E-state index is 3.60. The van der Waals surface area contributed by atoms with Crippen LogP contribution in [0.2, 0.25) is 0 Å². The first-order valence-electron chi connectivity index (χ1n) is 30.0. The molecule has 0 aliphatic heterocycles. The molecule has 0 amide bonds. The summed E-state index contributed by atoms with van der Waals surface area (Å²) in [6.45, 7) is 4.63. The van der Waals surface area contributed by atoms with Gasteiger partial charge in [0.05, 0.1) is 28.2 Å². The van der Waals surface area contributed by atoms with E-state index in [1.165, 1.54) is 246 Å². The molecule has 6 heterocycles. The summed E-state index contributed by atoms with van der Waals surface area (Å²) in [4.78, 5) is 8.58. The van der Waals surface area contributed by atoms with E-state index >= 15 is 0 Å². The van der Waals surface area contributed by atoms with Crippen molar-refractivity contribution < 1.29 is 0 Å². The summed E-state index contributed by atoms with van der Waals surface area (Å²) in [5.41, 5.74) is 5.71. The first-order valence-corrected chi connectivity index (χ1v) is 36.5. The van der Waals surface area contributed by atoms with E-state index < -0.39 is 0 Å². The van der Waals surface area contributed by atoms with Crippen molar-refractivity contribution in [1.29, 1.82) is 0 Å². The van der Waals surface area contributed by atoms with Crippen LogP contribution in [0.1, 0.15) is 238 Å². The molecular weight excluding hydrogens is 1170 g/mol. The Hall–Kier alpha value is -2.14. The molecule has 0 saturated heterocycles. The maximum Gasteiger partial charge on any atom is 0.0651 e. The van der Waals surface area contributed by atoms with Gasteiger partial charge < -0.3 is 0 Å². The summed E-state index contributed by atoms with van der Waals surface area (Å²) in [6.07, 6.45) is 53.6. The molecule has 0 saturated carbocycles. The van der Waals surface area contributed by atoms with Gasteiger partial charge in [0, 0.05) is 38.2 Å². The molecule has 0 aliphatic rings. The van der Waals surface area contributed by atoms with Gasteiger partial charge in [-0.2, -0.15) is 0 Å². The summed E-state index contributed by atoms with van der Waals surface area (Å²) in [5.74, 6) is 0. The molecule has 0 N–H and O–H groups in total. The van der Waals surface area contributed by atoms with Crippen LogP contribution in [0.5, 0.6) is 0 Å². The number of rotatable bonds is 38. The molecule has 8 aromatic rings. The van der Waals surface area contributed by atoms with Gasteiger partial charge in [0.15, 0.2) is 0 Å². The molecule has 0 aliphatic carbocycles. The van der Waals surface area contributed by atoms with E-state index in [1.54, 1.807) is 39.3 Å². The third kappa shape index (κ3) is 18.4. The summed E-state index contributed by atoms with van der Waals surface area (Å²) >= 11 is 19.6. The zero-order valence-electron chi connectivity index (χ0n) is 46.1. The number of fused-ring (bicyclic) bond motifs is 5. The molecule has 0 fully saturated rings. The third-order valence-corrected chi connectivity index (χ3v) is 24.5. The molecule has 0 nitrogen and oxygen atoms in total. The second kappa shape index (κ2) is 33.6. The molecule has 2 aromatic carbocycles. The number of hydrogen-bond donors (Lipinski definition) is 0. The Balaban J connectivity index is 0.966. The Morgan fingerprint density at radius 2 is 0.579 bits per heavy atom. The lowest BCUT2D eigenvalue weighted by Crippen LogP contribution is -1.87. The summed E-state index contributed by atoms with van der Waals surface area (Å²) < 4.78 is 11.6. The molecule has 408 valence electrons. The van der Waals surface area contributed by atoms with Gasteiger partial charge in [-0.1, -0.05) is 262 Å². The molecule has 6 aromatic heterocycles. The van der Waals surface area contributed by atoms with Crippen LogP contribution in [0.25, 0.3) is 72.0 Å². The maximum atomic E-state index is 3.60. The smallest absolute Gasteiger partial charge is 0.0651 e. The number of hydrogen-bond acceptors (Lipinski definition) is 6. The van der Waals surface area contributed by atoms with Crippen molar-refractivity contribution in [3.63, 3.8) is 0 Å². The zero-order chi connectivity index (χ0) is 52.6. The second-order valence-electron chi connectivity index (χ2n) is 21.6. The minimum Gasteiger partial charge on any atom is -0.135 e. The standard InChI is InChI=1S/C68H86Br2S6/c1-3-5-7-9-11-13-15-17-19-21-23-25-27-29-31-33-57-61(59-49-47-55(71-59)45-39-51-35-41-53(69)42-36-51)73-65-63(57)75-68-66-64(76-67(65)68)58(34-32-30-28-26-24-22-20-18-16-14-12-10-8-6-4-2)62(74-66)60-50-48-56(72-60)46-40-52-37-43-54(70)44-38-52/h35-50H,3-34H2,1-2H3/b45-39+,46-40+. The highest BCUT2D eigenvalue weighted by molar-refractivity contribution is 9.10. The Bertz CT molecular complexity index is 2740. The number of halogens is 2. The molecular formula is C68H86Br2S6. The second-order valence-corrected chi connectivity index (χ2v) is 29.7. The van der Waals surface area contributed by atoms with E-state index in [-0.39, 0.29) is 0 Å². The Kier molecular flexibility index (Phi) is 26.5. The SMILES string of the molecule is CCCCCCCCCCCCCCCCCc1c(-c2ccc(/C=C/c3ccc(Br)cc3)s2)sc2c1sc1c3sc(-c4ccc(/C=C/c5ccc(Br)cc5)s4)c(CCCCCCCCCCCCCCCCC)c3sc21. The molecule has 0 radical (unpaired) electrons. The van der Waals surface area contributed by atoms with Crippen LogP contribution in [-0.4, -0.2) is 0 Å². The summed E-state index contributed by atoms with van der Waals surface area (Å²) in [6, 6.07) is 26.8. The van der Waals surface area contributed by atoms with Gasteiger partial charge in [-0.3, -0.25) is 0 Å². The van der Waals surface area contributed by atoms with Crippen molar-refractivity contribution in [3.05, 3.63) is 114 Å². The highest BCUT2D eigenvalue weighted by Gasteiger charge is 2.26. The van der Waals surface area contributed by atoms with Gasteiger partial charge in [-0.15, -0.1) is 68.0 Å². The normalized spacial score (nSPS) is 12.2. The third-order valence-electron chi connectivity index (χ3n) is 15.3. The summed E-state index contributed by atoms with van der Waals surface area (Å²) in [7, 11) is 0. The van der Waals surface area contributed by atoms with Gasteiger partial charge in [-0.25, -0.2) is 0 Å². The Morgan fingerprint density at radius 1 is 0.289 bits per heavy atom. The van der Waals surface area contributed by atoms with Crippen molar-refractivity contribution in [2.45, 2.75) is 219 Å². The molecule has 0 spiro atoms. The minimum absolute atomic E-state index is 1.12. The predicted molar refractivity (Wildman–Crippen MR) is 361 cm³/mol. The van der Waals surface area contributed by atoms with Crippen LogP contribution in [0, 0.1) is 0 Å².